The van der Waals surface area contributed by atoms with Gasteiger partial charge in [0, 0.05) is 12.6 Å². The highest BCUT2D eigenvalue weighted by Crippen LogP contribution is 2.47. The molecule has 0 aromatic heterocycles. The Morgan fingerprint density at radius 3 is 2.35 bits per heavy atom. The van der Waals surface area contributed by atoms with Gasteiger partial charge in [0.25, 0.3) is 0 Å². The van der Waals surface area contributed by atoms with E-state index in [1.54, 1.807) is 0 Å². The minimum absolute atomic E-state index is 0. The summed E-state index contributed by atoms with van der Waals surface area (Å²) in [5, 5.41) is 3.18. The Morgan fingerprint density at radius 2 is 1.78 bits per heavy atom. The maximum Gasteiger partial charge on any atom is 0.224 e. The third kappa shape index (κ3) is 4.75. The van der Waals surface area contributed by atoms with Gasteiger partial charge in [-0.3, -0.25) is 4.79 Å². The van der Waals surface area contributed by atoms with Crippen LogP contribution in [-0.4, -0.2) is 43.0 Å². The summed E-state index contributed by atoms with van der Waals surface area (Å²) in [6, 6.07) is 0.122. The fourth-order valence-corrected chi connectivity index (χ4v) is 4.83. The molecule has 1 aliphatic heterocycles. The first-order valence-electron chi connectivity index (χ1n) is 8.94. The average molecular weight is 366 g/mol. The molecule has 0 radical (unpaired) electrons. The van der Waals surface area contributed by atoms with Gasteiger partial charge in [-0.05, 0) is 75.9 Å². The molecule has 3 fully saturated rings. The number of carbonyl (C=O) groups is 1. The number of amides is 1. The van der Waals surface area contributed by atoms with Crippen LogP contribution < -0.4 is 11.1 Å². The molecule has 3 N–H and O–H groups in total. The van der Waals surface area contributed by atoms with Gasteiger partial charge in [-0.25, -0.2) is 0 Å². The van der Waals surface area contributed by atoms with E-state index in [1.807, 2.05) is 0 Å². The lowest BCUT2D eigenvalue weighted by atomic mass is 9.84. The maximum atomic E-state index is 12.4. The Bertz CT molecular complexity index is 373. The molecule has 2 aliphatic carbocycles. The molecule has 4 atom stereocenters. The van der Waals surface area contributed by atoms with Gasteiger partial charge in [0.1, 0.15) is 0 Å². The molecule has 1 heterocycles. The summed E-state index contributed by atoms with van der Waals surface area (Å²) in [6.07, 6.45) is 7.36. The van der Waals surface area contributed by atoms with Crippen molar-refractivity contribution in [2.75, 3.05) is 26.2 Å². The van der Waals surface area contributed by atoms with Crippen molar-refractivity contribution in [3.05, 3.63) is 0 Å². The van der Waals surface area contributed by atoms with Crippen LogP contribution in [0.25, 0.3) is 0 Å². The number of likely N-dealkylation sites (tertiary alicyclic amines) is 1. The fraction of sp³-hybridized carbons (Fsp3) is 0.941. The van der Waals surface area contributed by atoms with Crippen LogP contribution >= 0.6 is 24.8 Å². The van der Waals surface area contributed by atoms with Gasteiger partial charge < -0.3 is 16.0 Å². The van der Waals surface area contributed by atoms with Crippen LogP contribution in [0, 0.1) is 23.7 Å². The van der Waals surface area contributed by atoms with E-state index in [1.165, 1.54) is 51.7 Å². The van der Waals surface area contributed by atoms with Crippen LogP contribution in [0.2, 0.25) is 0 Å². The van der Waals surface area contributed by atoms with Crippen molar-refractivity contribution in [3.63, 3.8) is 0 Å². The van der Waals surface area contributed by atoms with Crippen molar-refractivity contribution in [1.29, 1.82) is 0 Å². The van der Waals surface area contributed by atoms with E-state index in [0.29, 0.717) is 11.8 Å². The Labute approximate surface area is 153 Å². The predicted octanol–water partition coefficient (Wildman–Crippen LogP) is 2.44. The molecule has 1 amide bonds. The minimum atomic E-state index is 0. The zero-order valence-electron chi connectivity index (χ0n) is 14.2. The SMILES string of the molecule is CCN1CCC(CCNC(=O)C2C3CCC(C3)C2N)CC1.Cl.Cl. The predicted molar refractivity (Wildman–Crippen MR) is 99.3 cm³/mol. The number of nitrogens with zero attached hydrogens (tertiary/aromatic N) is 1. The zero-order chi connectivity index (χ0) is 14.8. The van der Waals surface area contributed by atoms with Crippen molar-refractivity contribution >= 4 is 30.7 Å². The molecule has 2 bridgehead atoms. The second-order valence-electron chi connectivity index (χ2n) is 7.39. The minimum Gasteiger partial charge on any atom is -0.356 e. The molecular weight excluding hydrogens is 333 g/mol. The number of carbonyl (C=O) groups excluding carboxylic acids is 1. The van der Waals surface area contributed by atoms with Crippen molar-refractivity contribution in [2.45, 2.75) is 51.5 Å². The molecule has 0 aromatic rings. The van der Waals surface area contributed by atoms with E-state index in [9.17, 15) is 4.79 Å². The topological polar surface area (TPSA) is 58.4 Å². The molecule has 1 saturated heterocycles. The second kappa shape index (κ2) is 9.45. The molecule has 6 heteroatoms. The molecule has 3 rings (SSSR count). The number of hydrogen-bond donors (Lipinski definition) is 2. The summed E-state index contributed by atoms with van der Waals surface area (Å²) in [5.41, 5.74) is 6.24. The third-order valence-electron chi connectivity index (χ3n) is 6.29. The molecule has 136 valence electrons. The number of hydrogen-bond acceptors (Lipinski definition) is 3. The van der Waals surface area contributed by atoms with Crippen molar-refractivity contribution in [1.82, 2.24) is 10.2 Å². The molecule has 4 nitrogen and oxygen atoms in total. The molecule has 0 aromatic carbocycles. The first-order chi connectivity index (χ1) is 10.2. The first-order valence-corrected chi connectivity index (χ1v) is 8.94. The molecule has 2 saturated carbocycles. The third-order valence-corrected chi connectivity index (χ3v) is 6.29. The number of fused-ring (bicyclic) bond motifs is 2. The highest BCUT2D eigenvalue weighted by Gasteiger charge is 2.48. The summed E-state index contributed by atoms with van der Waals surface area (Å²) < 4.78 is 0. The average Bonchev–Trinajstić information content (AvgIpc) is 3.08. The van der Waals surface area contributed by atoms with E-state index >= 15 is 0 Å². The highest BCUT2D eigenvalue weighted by molar-refractivity contribution is 5.85. The maximum absolute atomic E-state index is 12.4. The van der Waals surface area contributed by atoms with Crippen LogP contribution in [0.1, 0.15) is 45.4 Å². The van der Waals surface area contributed by atoms with Crippen LogP contribution in [-0.2, 0) is 4.79 Å². The van der Waals surface area contributed by atoms with E-state index in [2.05, 4.69) is 17.1 Å². The van der Waals surface area contributed by atoms with Crippen molar-refractivity contribution in [3.8, 4) is 0 Å². The van der Waals surface area contributed by atoms with Gasteiger partial charge in [0.2, 0.25) is 5.91 Å². The Kier molecular flexibility index (Phi) is 8.64. The standard InChI is InChI=1S/C17H31N3O.2ClH/c1-2-20-9-6-12(7-10-20)5-8-19-17(21)15-13-3-4-14(11-13)16(15)18;;/h12-16H,2-11,18H2,1H3,(H,19,21);2*1H. The fourth-order valence-electron chi connectivity index (χ4n) is 4.83. The Hall–Kier alpha value is -0.0300. The summed E-state index contributed by atoms with van der Waals surface area (Å²) in [6.45, 7) is 6.71. The largest absolute Gasteiger partial charge is 0.356 e. The Balaban J connectivity index is 0.00000132. The molecule has 0 spiro atoms. The van der Waals surface area contributed by atoms with E-state index in [-0.39, 0.29) is 42.7 Å². The lowest BCUT2D eigenvalue weighted by Gasteiger charge is -2.31. The van der Waals surface area contributed by atoms with Crippen molar-refractivity contribution in [2.24, 2.45) is 29.4 Å². The van der Waals surface area contributed by atoms with E-state index in [4.69, 9.17) is 5.73 Å². The molecule has 4 unspecified atom stereocenters. The summed E-state index contributed by atoms with van der Waals surface area (Å²) in [5.74, 6) is 2.31. The molecule has 3 aliphatic rings. The first kappa shape index (κ1) is 21.0. The quantitative estimate of drug-likeness (QED) is 0.786. The van der Waals surface area contributed by atoms with Crippen molar-refractivity contribution < 1.29 is 4.79 Å². The lowest BCUT2D eigenvalue weighted by Crippen LogP contribution is -2.45. The van der Waals surface area contributed by atoms with Crippen LogP contribution in [0.3, 0.4) is 0 Å². The Morgan fingerprint density at radius 1 is 1.13 bits per heavy atom. The normalized spacial score (nSPS) is 33.8. The van der Waals surface area contributed by atoms with Crippen LogP contribution in [0.4, 0.5) is 0 Å². The molecular formula is C17H33Cl2N3O. The summed E-state index contributed by atoms with van der Waals surface area (Å²) in [4.78, 5) is 14.9. The smallest absolute Gasteiger partial charge is 0.224 e. The highest BCUT2D eigenvalue weighted by atomic mass is 35.5. The van der Waals surface area contributed by atoms with E-state index < -0.39 is 0 Å². The summed E-state index contributed by atoms with van der Waals surface area (Å²) in [7, 11) is 0. The van der Waals surface area contributed by atoms with Gasteiger partial charge in [0.05, 0.1) is 5.92 Å². The second-order valence-corrected chi connectivity index (χ2v) is 7.39. The van der Waals surface area contributed by atoms with Gasteiger partial charge >= 0.3 is 0 Å². The molecule has 23 heavy (non-hydrogen) atoms. The number of nitrogens with two attached hydrogens (primary N) is 1. The number of rotatable bonds is 5. The number of piperidine rings is 1. The van der Waals surface area contributed by atoms with Gasteiger partial charge in [-0.1, -0.05) is 6.92 Å². The number of halogens is 2. The number of nitrogens with one attached hydrogen (secondary N) is 1. The van der Waals surface area contributed by atoms with Crippen LogP contribution in [0.5, 0.6) is 0 Å². The lowest BCUT2D eigenvalue weighted by molar-refractivity contribution is -0.127. The van der Waals surface area contributed by atoms with E-state index in [0.717, 1.165) is 18.9 Å². The van der Waals surface area contributed by atoms with Crippen LogP contribution in [0.15, 0.2) is 0 Å². The zero-order valence-corrected chi connectivity index (χ0v) is 15.8. The summed E-state index contributed by atoms with van der Waals surface area (Å²) >= 11 is 0. The monoisotopic (exact) mass is 365 g/mol. The van der Waals surface area contributed by atoms with Gasteiger partial charge in [-0.2, -0.15) is 0 Å². The van der Waals surface area contributed by atoms with Gasteiger partial charge in [0.15, 0.2) is 0 Å². The van der Waals surface area contributed by atoms with Gasteiger partial charge in [-0.15, -0.1) is 24.8 Å².